The summed E-state index contributed by atoms with van der Waals surface area (Å²) in [5.74, 6) is -0.0466. The number of rotatable bonds is 5. The van der Waals surface area contributed by atoms with Gasteiger partial charge in [-0.2, -0.15) is 0 Å². The van der Waals surface area contributed by atoms with Crippen molar-refractivity contribution in [3.8, 4) is 11.5 Å². The summed E-state index contributed by atoms with van der Waals surface area (Å²) < 4.78 is 11.1. The summed E-state index contributed by atoms with van der Waals surface area (Å²) in [6, 6.07) is 9.30. The van der Waals surface area contributed by atoms with Crippen molar-refractivity contribution >= 4 is 29.1 Å². The van der Waals surface area contributed by atoms with Crippen LogP contribution in [0.4, 0.5) is 11.4 Å². The molecule has 0 radical (unpaired) electrons. The number of benzene rings is 2. The predicted octanol–water partition coefficient (Wildman–Crippen LogP) is 2.49. The molecule has 8 heteroatoms. The molecule has 2 aliphatic heterocycles. The second-order valence-corrected chi connectivity index (χ2v) is 8.27. The molecule has 168 valence electrons. The highest BCUT2D eigenvalue weighted by atomic mass is 16.6. The number of fused-ring (bicyclic) bond motifs is 1. The van der Waals surface area contributed by atoms with Crippen LogP contribution in [0.15, 0.2) is 30.3 Å². The monoisotopic (exact) mass is 437 g/mol. The second kappa shape index (κ2) is 8.90. The molecule has 2 aromatic carbocycles. The molecular formula is C24H27N3O5. The number of ether oxygens (including phenoxy) is 2. The number of aryl methyl sites for hydroxylation is 3. The number of hydrogen-bond acceptors (Lipinski definition) is 5. The Balaban J connectivity index is 1.34. The van der Waals surface area contributed by atoms with Gasteiger partial charge in [0.1, 0.15) is 13.2 Å². The second-order valence-electron chi connectivity index (χ2n) is 8.27. The minimum Gasteiger partial charge on any atom is -0.486 e. The fourth-order valence-corrected chi connectivity index (χ4v) is 4.21. The van der Waals surface area contributed by atoms with Crippen LogP contribution in [0.3, 0.4) is 0 Å². The highest BCUT2D eigenvalue weighted by Crippen LogP contribution is 2.36. The fraction of sp³-hybridized carbons (Fsp3) is 0.375. The minimum atomic E-state index is -0.522. The predicted molar refractivity (Wildman–Crippen MR) is 120 cm³/mol. The first-order valence-electron chi connectivity index (χ1n) is 10.7. The highest BCUT2D eigenvalue weighted by Gasteiger charge is 2.35. The molecular weight excluding hydrogens is 410 g/mol. The molecule has 0 aliphatic carbocycles. The molecule has 1 saturated heterocycles. The molecule has 2 aromatic rings. The largest absolute Gasteiger partial charge is 0.486 e. The third kappa shape index (κ3) is 4.54. The van der Waals surface area contributed by atoms with Gasteiger partial charge in [-0.15, -0.1) is 0 Å². The van der Waals surface area contributed by atoms with E-state index in [1.54, 1.807) is 23.1 Å². The average Bonchev–Trinajstić information content (AvgIpc) is 3.16. The van der Waals surface area contributed by atoms with Gasteiger partial charge in [0.15, 0.2) is 11.5 Å². The maximum Gasteiger partial charge on any atom is 0.243 e. The number of nitrogens with one attached hydrogen (secondary N) is 2. The van der Waals surface area contributed by atoms with Crippen molar-refractivity contribution in [2.75, 3.05) is 36.5 Å². The Hall–Kier alpha value is -3.55. The molecule has 32 heavy (non-hydrogen) atoms. The van der Waals surface area contributed by atoms with Crippen LogP contribution in [0.5, 0.6) is 11.5 Å². The Morgan fingerprint density at radius 3 is 2.44 bits per heavy atom. The lowest BCUT2D eigenvalue weighted by Gasteiger charge is -2.22. The summed E-state index contributed by atoms with van der Waals surface area (Å²) in [5.41, 5.74) is 4.49. The van der Waals surface area contributed by atoms with Crippen LogP contribution in [0.25, 0.3) is 0 Å². The van der Waals surface area contributed by atoms with Crippen LogP contribution in [-0.4, -0.2) is 44.0 Å². The van der Waals surface area contributed by atoms with Crippen molar-refractivity contribution in [3.63, 3.8) is 0 Å². The molecule has 3 amide bonds. The van der Waals surface area contributed by atoms with Gasteiger partial charge in [0, 0.05) is 30.4 Å². The molecule has 0 bridgehead atoms. The van der Waals surface area contributed by atoms with Crippen LogP contribution in [0, 0.1) is 26.7 Å². The molecule has 2 aliphatic rings. The summed E-state index contributed by atoms with van der Waals surface area (Å²) in [6.45, 7) is 6.92. The van der Waals surface area contributed by atoms with E-state index in [1.165, 1.54) is 0 Å². The lowest BCUT2D eigenvalue weighted by molar-refractivity contribution is -0.127. The van der Waals surface area contributed by atoms with Gasteiger partial charge in [-0.25, -0.2) is 0 Å². The Labute approximate surface area is 186 Å². The van der Waals surface area contributed by atoms with Crippen LogP contribution in [-0.2, 0) is 14.4 Å². The average molecular weight is 437 g/mol. The van der Waals surface area contributed by atoms with Crippen molar-refractivity contribution in [2.45, 2.75) is 27.2 Å². The van der Waals surface area contributed by atoms with Crippen LogP contribution in [0.2, 0.25) is 0 Å². The number of nitrogens with zero attached hydrogens (tertiary/aromatic N) is 1. The van der Waals surface area contributed by atoms with Gasteiger partial charge in [0.05, 0.1) is 12.5 Å². The van der Waals surface area contributed by atoms with E-state index >= 15 is 0 Å². The lowest BCUT2D eigenvalue weighted by Crippen LogP contribution is -2.38. The van der Waals surface area contributed by atoms with Gasteiger partial charge in [0.25, 0.3) is 0 Å². The molecule has 1 atom stereocenters. The molecule has 0 aromatic heterocycles. The van der Waals surface area contributed by atoms with E-state index in [9.17, 15) is 14.4 Å². The van der Waals surface area contributed by atoms with E-state index in [-0.39, 0.29) is 37.2 Å². The maximum absolute atomic E-state index is 12.6. The first-order chi connectivity index (χ1) is 15.3. The zero-order valence-corrected chi connectivity index (χ0v) is 18.5. The maximum atomic E-state index is 12.6. The van der Waals surface area contributed by atoms with Crippen LogP contribution < -0.4 is 25.0 Å². The molecule has 8 nitrogen and oxygen atoms in total. The minimum absolute atomic E-state index is 0.0953. The topological polar surface area (TPSA) is 97.0 Å². The molecule has 2 N–H and O–H groups in total. The summed E-state index contributed by atoms with van der Waals surface area (Å²) in [7, 11) is 0. The van der Waals surface area contributed by atoms with Crippen LogP contribution in [0.1, 0.15) is 23.1 Å². The van der Waals surface area contributed by atoms with Gasteiger partial charge in [0.2, 0.25) is 17.7 Å². The lowest BCUT2D eigenvalue weighted by atomic mass is 10.1. The fourth-order valence-electron chi connectivity index (χ4n) is 4.21. The van der Waals surface area contributed by atoms with E-state index in [1.807, 2.05) is 32.9 Å². The Morgan fingerprint density at radius 1 is 1.03 bits per heavy atom. The molecule has 0 spiro atoms. The normalized spacial score (nSPS) is 17.3. The number of carbonyl (C=O) groups excluding carboxylic acids is 3. The van der Waals surface area contributed by atoms with Crippen molar-refractivity contribution in [1.29, 1.82) is 0 Å². The van der Waals surface area contributed by atoms with E-state index in [0.717, 1.165) is 22.4 Å². The van der Waals surface area contributed by atoms with Gasteiger partial charge < -0.3 is 25.0 Å². The van der Waals surface area contributed by atoms with Gasteiger partial charge >= 0.3 is 0 Å². The quantitative estimate of drug-likeness (QED) is 0.749. The molecule has 1 fully saturated rings. The number of carbonyl (C=O) groups is 3. The van der Waals surface area contributed by atoms with E-state index in [4.69, 9.17) is 9.47 Å². The summed E-state index contributed by atoms with van der Waals surface area (Å²) >= 11 is 0. The number of hydrogen-bond donors (Lipinski definition) is 2. The van der Waals surface area contributed by atoms with Crippen molar-refractivity contribution in [2.24, 2.45) is 5.92 Å². The zero-order valence-electron chi connectivity index (χ0n) is 18.5. The number of amides is 3. The van der Waals surface area contributed by atoms with Crippen molar-refractivity contribution in [3.05, 3.63) is 47.0 Å². The van der Waals surface area contributed by atoms with Gasteiger partial charge in [-0.1, -0.05) is 17.7 Å². The van der Waals surface area contributed by atoms with E-state index in [0.29, 0.717) is 30.4 Å². The summed E-state index contributed by atoms with van der Waals surface area (Å²) in [5, 5.41) is 5.53. The van der Waals surface area contributed by atoms with Gasteiger partial charge in [-0.05, 0) is 44.0 Å². The number of anilines is 2. The standard InChI is InChI=1S/C24H27N3O5/c1-14-8-15(2)23(16(3)9-14)26-21(28)12-25-24(30)17-10-22(29)27(13-17)18-4-5-19-20(11-18)32-7-6-31-19/h4-5,8-9,11,17H,6-7,10,12-13H2,1-3H3,(H,25,30)(H,26,28)/t17-/m0/s1. The first-order valence-corrected chi connectivity index (χ1v) is 10.7. The van der Waals surface area contributed by atoms with E-state index < -0.39 is 5.92 Å². The molecule has 2 heterocycles. The smallest absolute Gasteiger partial charge is 0.243 e. The Morgan fingerprint density at radius 2 is 1.72 bits per heavy atom. The summed E-state index contributed by atoms with van der Waals surface area (Å²) in [6.07, 6.45) is 0.0953. The Bertz CT molecular complexity index is 1060. The Kier molecular flexibility index (Phi) is 6.03. The molecule has 4 rings (SSSR count). The molecule has 0 saturated carbocycles. The third-order valence-electron chi connectivity index (χ3n) is 5.70. The molecule has 0 unspecified atom stereocenters. The van der Waals surface area contributed by atoms with Crippen LogP contribution >= 0.6 is 0 Å². The van der Waals surface area contributed by atoms with Gasteiger partial charge in [-0.3, -0.25) is 14.4 Å². The highest BCUT2D eigenvalue weighted by molar-refractivity contribution is 6.01. The summed E-state index contributed by atoms with van der Waals surface area (Å²) in [4.78, 5) is 39.1. The van der Waals surface area contributed by atoms with E-state index in [2.05, 4.69) is 10.6 Å². The van der Waals surface area contributed by atoms with Crippen molar-refractivity contribution < 1.29 is 23.9 Å². The SMILES string of the molecule is Cc1cc(C)c(NC(=O)CNC(=O)[C@H]2CC(=O)N(c3ccc4c(c3)OCCO4)C2)c(C)c1. The third-order valence-corrected chi connectivity index (χ3v) is 5.70. The zero-order chi connectivity index (χ0) is 22.8. The first kappa shape index (κ1) is 21.7. The van der Waals surface area contributed by atoms with Crippen molar-refractivity contribution in [1.82, 2.24) is 5.32 Å².